The summed E-state index contributed by atoms with van der Waals surface area (Å²) in [6.45, 7) is 1.24. The molecule has 1 aromatic heterocycles. The number of nitrogens with two attached hydrogens (primary N) is 1. The van der Waals surface area contributed by atoms with Crippen LogP contribution in [0.15, 0.2) is 6.07 Å². The summed E-state index contributed by atoms with van der Waals surface area (Å²) in [6.07, 6.45) is 4.35. The Morgan fingerprint density at radius 2 is 1.95 bits per heavy atom. The topological polar surface area (TPSA) is 105 Å². The third-order valence-corrected chi connectivity index (χ3v) is 3.51. The lowest BCUT2D eigenvalue weighted by Gasteiger charge is -2.10. The third-order valence-electron chi connectivity index (χ3n) is 3.51. The number of anilines is 2. The smallest absolute Gasteiger partial charge is 0.223 e. The van der Waals surface area contributed by atoms with E-state index in [9.17, 15) is 4.79 Å². The van der Waals surface area contributed by atoms with E-state index in [-0.39, 0.29) is 11.8 Å². The molecule has 0 atom stereocenters. The first-order valence-electron chi connectivity index (χ1n) is 7.13. The summed E-state index contributed by atoms with van der Waals surface area (Å²) in [5, 5.41) is 6.10. The van der Waals surface area contributed by atoms with Crippen LogP contribution in [0.4, 0.5) is 11.6 Å². The van der Waals surface area contributed by atoms with Crippen molar-refractivity contribution in [3.8, 4) is 0 Å². The van der Waals surface area contributed by atoms with Crippen LogP contribution in [0.2, 0.25) is 0 Å². The molecule has 0 unspecified atom stereocenters. The van der Waals surface area contributed by atoms with E-state index in [1.807, 2.05) is 0 Å². The van der Waals surface area contributed by atoms with Gasteiger partial charge in [-0.25, -0.2) is 15.8 Å². The maximum atomic E-state index is 11.5. The lowest BCUT2D eigenvalue weighted by atomic mass is 10.3. The number of hydrogen-bond acceptors (Lipinski definition) is 6. The lowest BCUT2D eigenvalue weighted by molar-refractivity contribution is -0.122. The van der Waals surface area contributed by atoms with Gasteiger partial charge in [0, 0.05) is 31.0 Å². The van der Waals surface area contributed by atoms with Crippen molar-refractivity contribution in [1.29, 1.82) is 0 Å². The minimum absolute atomic E-state index is 0.164. The van der Waals surface area contributed by atoms with Crippen molar-refractivity contribution in [2.45, 2.75) is 31.6 Å². The summed E-state index contributed by atoms with van der Waals surface area (Å²) in [4.78, 5) is 20.3. The number of hydrazine groups is 1. The molecule has 3 rings (SSSR count). The zero-order chi connectivity index (χ0) is 13.9. The number of nitrogens with one attached hydrogen (secondary N) is 3. The molecule has 0 bridgehead atoms. The molecule has 1 heterocycles. The fourth-order valence-corrected chi connectivity index (χ4v) is 2.02. The number of aromatic nitrogens is 2. The summed E-state index contributed by atoms with van der Waals surface area (Å²) in [5.74, 6) is 8.51. The fourth-order valence-electron chi connectivity index (χ4n) is 2.02. The summed E-state index contributed by atoms with van der Waals surface area (Å²) in [7, 11) is 0. The third kappa shape index (κ3) is 3.36. The zero-order valence-corrected chi connectivity index (χ0v) is 11.4. The van der Waals surface area contributed by atoms with Crippen molar-refractivity contribution in [3.05, 3.63) is 11.9 Å². The summed E-state index contributed by atoms with van der Waals surface area (Å²) in [6, 6.07) is 1.77. The van der Waals surface area contributed by atoms with Crippen LogP contribution in [0.1, 0.15) is 37.4 Å². The zero-order valence-electron chi connectivity index (χ0n) is 11.4. The number of nitrogen functional groups attached to an aromatic ring is 1. The van der Waals surface area contributed by atoms with Gasteiger partial charge in [0.15, 0.2) is 0 Å². The first-order chi connectivity index (χ1) is 9.76. The Balaban J connectivity index is 1.50. The van der Waals surface area contributed by atoms with Crippen LogP contribution in [0.5, 0.6) is 0 Å². The number of carbonyl (C=O) groups is 1. The van der Waals surface area contributed by atoms with Crippen LogP contribution in [0, 0.1) is 5.92 Å². The largest absolute Gasteiger partial charge is 0.368 e. The summed E-state index contributed by atoms with van der Waals surface area (Å²) in [5.41, 5.74) is 2.56. The van der Waals surface area contributed by atoms with Gasteiger partial charge in [0.25, 0.3) is 0 Å². The quantitative estimate of drug-likeness (QED) is 0.330. The van der Waals surface area contributed by atoms with Crippen LogP contribution in [-0.4, -0.2) is 29.0 Å². The van der Waals surface area contributed by atoms with Crippen molar-refractivity contribution >= 4 is 17.5 Å². The van der Waals surface area contributed by atoms with Gasteiger partial charge in [-0.05, 0) is 25.7 Å². The van der Waals surface area contributed by atoms with E-state index in [0.29, 0.717) is 24.8 Å². The molecular formula is C13H20N6O. The van der Waals surface area contributed by atoms with Gasteiger partial charge in [-0.15, -0.1) is 0 Å². The number of rotatable bonds is 7. The molecule has 0 radical (unpaired) electrons. The maximum Gasteiger partial charge on any atom is 0.223 e. The Morgan fingerprint density at radius 1 is 1.20 bits per heavy atom. The van der Waals surface area contributed by atoms with Crippen LogP contribution in [0.25, 0.3) is 0 Å². The Morgan fingerprint density at radius 3 is 2.60 bits per heavy atom. The average Bonchev–Trinajstić information content (AvgIpc) is 3.32. The molecule has 1 amide bonds. The fraction of sp³-hybridized carbons (Fsp3) is 0.615. The number of carbonyl (C=O) groups excluding carboxylic acids is 1. The van der Waals surface area contributed by atoms with Crippen LogP contribution in [-0.2, 0) is 4.79 Å². The highest BCUT2D eigenvalue weighted by atomic mass is 16.2. The Labute approximate surface area is 117 Å². The second-order valence-corrected chi connectivity index (χ2v) is 5.41. The van der Waals surface area contributed by atoms with Gasteiger partial charge in [-0.1, -0.05) is 0 Å². The summed E-state index contributed by atoms with van der Waals surface area (Å²) >= 11 is 0. The van der Waals surface area contributed by atoms with E-state index in [4.69, 9.17) is 5.84 Å². The van der Waals surface area contributed by atoms with Crippen LogP contribution < -0.4 is 21.9 Å². The molecule has 0 spiro atoms. The van der Waals surface area contributed by atoms with Gasteiger partial charge in [0.1, 0.15) is 17.5 Å². The van der Waals surface area contributed by atoms with Gasteiger partial charge in [-0.2, -0.15) is 0 Å². The molecule has 5 N–H and O–H groups in total. The highest BCUT2D eigenvalue weighted by Crippen LogP contribution is 2.38. The predicted octanol–water partition coefficient (Wildman–Crippen LogP) is 0.578. The van der Waals surface area contributed by atoms with Crippen molar-refractivity contribution in [1.82, 2.24) is 15.3 Å². The minimum atomic E-state index is 0.164. The molecule has 20 heavy (non-hydrogen) atoms. The van der Waals surface area contributed by atoms with Gasteiger partial charge < -0.3 is 16.1 Å². The van der Waals surface area contributed by atoms with E-state index in [1.54, 1.807) is 6.07 Å². The molecule has 108 valence electrons. The van der Waals surface area contributed by atoms with E-state index in [0.717, 1.165) is 37.3 Å². The van der Waals surface area contributed by atoms with Gasteiger partial charge in [0.2, 0.25) is 5.91 Å². The van der Waals surface area contributed by atoms with Crippen molar-refractivity contribution in [2.75, 3.05) is 23.8 Å². The normalized spacial score (nSPS) is 17.6. The average molecular weight is 276 g/mol. The van der Waals surface area contributed by atoms with E-state index in [2.05, 4.69) is 26.0 Å². The first kappa shape index (κ1) is 13.1. The van der Waals surface area contributed by atoms with Gasteiger partial charge >= 0.3 is 0 Å². The molecular weight excluding hydrogens is 256 g/mol. The van der Waals surface area contributed by atoms with Crippen molar-refractivity contribution in [3.63, 3.8) is 0 Å². The Kier molecular flexibility index (Phi) is 3.68. The molecule has 0 saturated heterocycles. The highest BCUT2D eigenvalue weighted by Gasteiger charge is 2.29. The second kappa shape index (κ2) is 5.62. The van der Waals surface area contributed by atoms with E-state index >= 15 is 0 Å². The monoisotopic (exact) mass is 276 g/mol. The number of hydrogen-bond donors (Lipinski definition) is 4. The van der Waals surface area contributed by atoms with Crippen molar-refractivity contribution < 1.29 is 4.79 Å². The molecule has 2 aliphatic carbocycles. The molecule has 7 nitrogen and oxygen atoms in total. The van der Waals surface area contributed by atoms with Crippen LogP contribution in [0.3, 0.4) is 0 Å². The van der Waals surface area contributed by atoms with Gasteiger partial charge in [-0.3, -0.25) is 4.79 Å². The molecule has 0 aliphatic heterocycles. The molecule has 0 aromatic carbocycles. The molecule has 2 aliphatic rings. The minimum Gasteiger partial charge on any atom is -0.368 e. The predicted molar refractivity (Wildman–Crippen MR) is 76.0 cm³/mol. The SMILES string of the molecule is NNc1cc(NCCNC(=O)C2CC2)nc(C2CC2)n1. The van der Waals surface area contributed by atoms with E-state index < -0.39 is 0 Å². The Hall–Kier alpha value is -1.89. The molecule has 2 saturated carbocycles. The molecule has 1 aromatic rings. The summed E-state index contributed by atoms with van der Waals surface area (Å²) < 4.78 is 0. The number of nitrogens with zero attached hydrogens (tertiary/aromatic N) is 2. The lowest BCUT2D eigenvalue weighted by Crippen LogP contribution is -2.30. The second-order valence-electron chi connectivity index (χ2n) is 5.41. The standard InChI is InChI=1S/C13H20N6O/c14-19-11-7-10(17-12(18-11)8-1-2-8)15-5-6-16-13(20)9-3-4-9/h7-9H,1-6,14H2,(H,16,20)(H2,15,17,18,19). The van der Waals surface area contributed by atoms with Gasteiger partial charge in [0.05, 0.1) is 0 Å². The van der Waals surface area contributed by atoms with Crippen molar-refractivity contribution in [2.24, 2.45) is 11.8 Å². The Bertz CT molecular complexity index is 498. The molecule has 2 fully saturated rings. The number of amides is 1. The van der Waals surface area contributed by atoms with E-state index in [1.165, 1.54) is 0 Å². The van der Waals surface area contributed by atoms with Crippen LogP contribution >= 0.6 is 0 Å². The molecule has 7 heteroatoms. The maximum absolute atomic E-state index is 11.5. The first-order valence-corrected chi connectivity index (χ1v) is 7.13. The highest BCUT2D eigenvalue weighted by molar-refractivity contribution is 5.80.